The van der Waals surface area contributed by atoms with Gasteiger partial charge in [0.1, 0.15) is 11.9 Å². The van der Waals surface area contributed by atoms with E-state index < -0.39 is 0 Å². The fourth-order valence-corrected chi connectivity index (χ4v) is 9.78. The lowest BCUT2D eigenvalue weighted by molar-refractivity contribution is 0.271. The molecule has 1 heteroatoms. The van der Waals surface area contributed by atoms with Gasteiger partial charge >= 0.3 is 0 Å². The zero-order valence-corrected chi connectivity index (χ0v) is 31.2. The number of hydrogen-bond acceptors (Lipinski definition) is 1. The molecule has 0 N–H and O–H groups in total. The van der Waals surface area contributed by atoms with E-state index in [-0.39, 0.29) is 12.0 Å². The summed E-state index contributed by atoms with van der Waals surface area (Å²) in [5.41, 5.74) is 11.1. The Bertz CT molecular complexity index is 3260. The van der Waals surface area contributed by atoms with Crippen molar-refractivity contribution in [2.75, 3.05) is 0 Å². The van der Waals surface area contributed by atoms with Crippen LogP contribution in [0.25, 0.3) is 98.4 Å². The van der Waals surface area contributed by atoms with E-state index in [4.69, 9.17) is 4.74 Å². The highest BCUT2D eigenvalue weighted by molar-refractivity contribution is 6.29. The van der Waals surface area contributed by atoms with Crippen molar-refractivity contribution in [3.63, 3.8) is 0 Å². The van der Waals surface area contributed by atoms with Crippen molar-refractivity contribution in [3.8, 4) is 50.3 Å². The Kier molecular flexibility index (Phi) is 7.12. The van der Waals surface area contributed by atoms with E-state index in [0.29, 0.717) is 0 Å². The van der Waals surface area contributed by atoms with Gasteiger partial charge in [-0.3, -0.25) is 0 Å². The molecule has 2 aliphatic rings. The molecule has 0 saturated heterocycles. The molecule has 10 aromatic rings. The van der Waals surface area contributed by atoms with Gasteiger partial charge in [0.15, 0.2) is 0 Å². The first-order chi connectivity index (χ1) is 28.3. The topological polar surface area (TPSA) is 9.23 Å². The normalized spacial score (nSPS) is 15.7. The Balaban J connectivity index is 1.05. The second-order valence-corrected chi connectivity index (χ2v) is 15.5. The third-order valence-electron chi connectivity index (χ3n) is 12.4. The average Bonchev–Trinajstić information content (AvgIpc) is 3.67. The van der Waals surface area contributed by atoms with Crippen LogP contribution >= 0.6 is 0 Å². The summed E-state index contributed by atoms with van der Waals surface area (Å²) < 4.78 is 6.78. The van der Waals surface area contributed by atoms with Gasteiger partial charge in [-0.1, -0.05) is 188 Å². The second kappa shape index (κ2) is 12.7. The van der Waals surface area contributed by atoms with Crippen LogP contribution < -0.4 is 4.74 Å². The zero-order chi connectivity index (χ0) is 37.5. The molecular formula is C56H36O. The van der Waals surface area contributed by atoms with Crippen molar-refractivity contribution in [1.29, 1.82) is 0 Å². The average molecular weight is 725 g/mol. The Hall–Kier alpha value is -7.22. The summed E-state index contributed by atoms with van der Waals surface area (Å²) in [6, 6.07) is 67.1. The first-order valence-corrected chi connectivity index (χ1v) is 19.9. The van der Waals surface area contributed by atoms with Gasteiger partial charge in [0.05, 0.1) is 0 Å². The number of fused-ring (bicyclic) bond motifs is 12. The van der Waals surface area contributed by atoms with Crippen LogP contribution in [0.5, 0.6) is 5.75 Å². The molecular weight excluding hydrogens is 689 g/mol. The van der Waals surface area contributed by atoms with Crippen LogP contribution in [-0.2, 0) is 0 Å². The quantitative estimate of drug-likeness (QED) is 0.130. The highest BCUT2D eigenvalue weighted by Gasteiger charge is 2.34. The SMILES string of the molecule is C1=CC2Oc3c(ccc4c5ccccc5c5cc(-c6c7ccccc7c(-c7ccc(-c8cccc(-c9ccccc9)c8)cc7)c7ccccc67)ccc5c34)C2C=C1. The van der Waals surface area contributed by atoms with Gasteiger partial charge in [0.2, 0.25) is 0 Å². The van der Waals surface area contributed by atoms with Crippen molar-refractivity contribution in [1.82, 2.24) is 0 Å². The van der Waals surface area contributed by atoms with E-state index in [2.05, 4.69) is 206 Å². The number of benzene rings is 10. The smallest absolute Gasteiger partial charge is 0.132 e. The maximum Gasteiger partial charge on any atom is 0.132 e. The highest BCUT2D eigenvalue weighted by Crippen LogP contribution is 2.51. The summed E-state index contributed by atoms with van der Waals surface area (Å²) in [5.74, 6) is 1.27. The summed E-state index contributed by atoms with van der Waals surface area (Å²) in [5, 5.41) is 12.5. The second-order valence-electron chi connectivity index (χ2n) is 15.5. The summed E-state index contributed by atoms with van der Waals surface area (Å²) in [6.45, 7) is 0. The van der Waals surface area contributed by atoms with Crippen LogP contribution in [0.4, 0.5) is 0 Å². The summed E-state index contributed by atoms with van der Waals surface area (Å²) in [6.07, 6.45) is 8.76. The molecule has 57 heavy (non-hydrogen) atoms. The molecule has 0 aromatic heterocycles. The molecule has 2 atom stereocenters. The Morgan fingerprint density at radius 3 is 1.49 bits per heavy atom. The molecule has 1 heterocycles. The largest absolute Gasteiger partial charge is 0.484 e. The van der Waals surface area contributed by atoms with Gasteiger partial charge in [0, 0.05) is 16.9 Å². The molecule has 0 amide bonds. The fraction of sp³-hybridized carbons (Fsp3) is 0.0357. The predicted molar refractivity (Wildman–Crippen MR) is 241 cm³/mol. The van der Waals surface area contributed by atoms with Gasteiger partial charge < -0.3 is 4.74 Å². The van der Waals surface area contributed by atoms with Crippen LogP contribution in [0.15, 0.2) is 206 Å². The van der Waals surface area contributed by atoms with Crippen molar-refractivity contribution in [3.05, 3.63) is 212 Å². The number of rotatable bonds is 4. The third kappa shape index (κ3) is 4.95. The van der Waals surface area contributed by atoms with Crippen molar-refractivity contribution in [2.45, 2.75) is 12.0 Å². The lowest BCUT2D eigenvalue weighted by Crippen LogP contribution is -2.15. The molecule has 0 fully saturated rings. The van der Waals surface area contributed by atoms with Crippen LogP contribution in [0, 0.1) is 0 Å². The number of hydrogen-bond donors (Lipinski definition) is 0. The third-order valence-corrected chi connectivity index (χ3v) is 12.4. The van der Waals surface area contributed by atoms with Crippen molar-refractivity contribution in [2.24, 2.45) is 0 Å². The molecule has 12 rings (SSSR count). The van der Waals surface area contributed by atoms with E-state index in [1.807, 2.05) is 0 Å². The molecule has 0 saturated carbocycles. The minimum absolute atomic E-state index is 0.0367. The Morgan fingerprint density at radius 1 is 0.316 bits per heavy atom. The van der Waals surface area contributed by atoms with E-state index in [9.17, 15) is 0 Å². The monoisotopic (exact) mass is 724 g/mol. The fourth-order valence-electron chi connectivity index (χ4n) is 9.78. The molecule has 1 aliphatic heterocycles. The van der Waals surface area contributed by atoms with Crippen LogP contribution in [0.1, 0.15) is 11.5 Å². The van der Waals surface area contributed by atoms with Gasteiger partial charge in [-0.15, -0.1) is 0 Å². The number of allylic oxidation sites excluding steroid dienone is 2. The molecule has 1 nitrogen and oxygen atoms in total. The highest BCUT2D eigenvalue weighted by atomic mass is 16.5. The van der Waals surface area contributed by atoms with Crippen LogP contribution in [0.3, 0.4) is 0 Å². The van der Waals surface area contributed by atoms with Gasteiger partial charge in [0.25, 0.3) is 0 Å². The first kappa shape index (κ1) is 32.1. The summed E-state index contributed by atoms with van der Waals surface area (Å²) in [7, 11) is 0. The maximum absolute atomic E-state index is 6.78. The summed E-state index contributed by atoms with van der Waals surface area (Å²) in [4.78, 5) is 0. The molecule has 1 aliphatic carbocycles. The van der Waals surface area contributed by atoms with Gasteiger partial charge in [-0.25, -0.2) is 0 Å². The lowest BCUT2D eigenvalue weighted by atomic mass is 9.84. The summed E-state index contributed by atoms with van der Waals surface area (Å²) >= 11 is 0. The van der Waals surface area contributed by atoms with E-state index in [1.54, 1.807) is 0 Å². The van der Waals surface area contributed by atoms with Crippen LogP contribution in [-0.4, -0.2) is 6.10 Å². The standard InChI is InChI=1S/C56H36O/c1-2-13-35(14-3-1)38-15-12-16-39(33-38)36-25-27-37(28-26-36)53-44-20-6-8-22-46(44)54(47-23-9-7-21-45(47)53)40-29-30-49-51(34-40)42-18-5-4-17-41(42)48-31-32-50-43-19-10-11-24-52(43)57-56(50)55(48)49/h1-34,43,52H. The predicted octanol–water partition coefficient (Wildman–Crippen LogP) is 15.1. The van der Waals surface area contributed by atoms with E-state index in [1.165, 1.54) is 104 Å². The van der Waals surface area contributed by atoms with Crippen LogP contribution in [0.2, 0.25) is 0 Å². The Morgan fingerprint density at radius 2 is 0.807 bits per heavy atom. The van der Waals surface area contributed by atoms with Gasteiger partial charge in [-0.2, -0.15) is 0 Å². The lowest BCUT2D eigenvalue weighted by Gasteiger charge is -2.19. The minimum Gasteiger partial charge on any atom is -0.484 e. The molecule has 10 aromatic carbocycles. The van der Waals surface area contributed by atoms with Crippen molar-refractivity contribution < 1.29 is 4.74 Å². The zero-order valence-electron chi connectivity index (χ0n) is 31.2. The maximum atomic E-state index is 6.78. The van der Waals surface area contributed by atoms with E-state index in [0.717, 1.165) is 5.75 Å². The van der Waals surface area contributed by atoms with Gasteiger partial charge in [-0.05, 0) is 111 Å². The number of ether oxygens (including phenoxy) is 1. The molecule has 0 radical (unpaired) electrons. The minimum atomic E-state index is 0.0367. The Labute approximate surface area is 331 Å². The van der Waals surface area contributed by atoms with Crippen molar-refractivity contribution >= 4 is 53.9 Å². The molecule has 0 spiro atoms. The molecule has 266 valence electrons. The molecule has 2 unspecified atom stereocenters. The molecule has 0 bridgehead atoms. The van der Waals surface area contributed by atoms with E-state index >= 15 is 0 Å². The first-order valence-electron chi connectivity index (χ1n) is 19.9.